The zero-order chi connectivity index (χ0) is 18.9. The summed E-state index contributed by atoms with van der Waals surface area (Å²) >= 11 is 0. The van der Waals surface area contributed by atoms with Gasteiger partial charge in [-0.1, -0.05) is 29.8 Å². The molecule has 0 saturated carbocycles. The number of amides is 2. The van der Waals surface area contributed by atoms with Crippen molar-refractivity contribution >= 4 is 34.2 Å². The lowest BCUT2D eigenvalue weighted by Crippen LogP contribution is -2.30. The number of nitrogens with zero attached hydrogens (tertiary/aromatic N) is 4. The molecule has 1 aliphatic rings. The molecule has 4 aromatic rings. The van der Waals surface area contributed by atoms with Crippen molar-refractivity contribution in [1.82, 2.24) is 8.97 Å². The number of carbonyl (C=O) groups is 2. The first kappa shape index (κ1) is 15.4. The number of imidazole rings is 1. The average Bonchev–Trinajstić information content (AvgIpc) is 3.25. The summed E-state index contributed by atoms with van der Waals surface area (Å²) in [6, 6.07) is 16.9. The highest BCUT2D eigenvalue weighted by Gasteiger charge is 2.44. The highest BCUT2D eigenvalue weighted by atomic mass is 16.2. The number of hydrogen-bond acceptors (Lipinski definition) is 3. The van der Waals surface area contributed by atoms with E-state index in [1.165, 1.54) is 0 Å². The van der Waals surface area contributed by atoms with Crippen molar-refractivity contribution in [2.75, 3.05) is 4.90 Å². The molecule has 6 nitrogen and oxygen atoms in total. The van der Waals surface area contributed by atoms with E-state index >= 15 is 0 Å². The number of para-hydroxylation sites is 2. The van der Waals surface area contributed by atoms with Gasteiger partial charge in [0.2, 0.25) is 0 Å². The van der Waals surface area contributed by atoms with Gasteiger partial charge in [-0.25, -0.2) is 4.90 Å². The molecule has 6 heteroatoms. The fourth-order valence-electron chi connectivity index (χ4n) is 3.92. The van der Waals surface area contributed by atoms with Crippen LogP contribution in [0.1, 0.15) is 32.0 Å². The molecule has 0 aliphatic carbocycles. The summed E-state index contributed by atoms with van der Waals surface area (Å²) in [6.45, 7) is 1.94. The molecule has 0 fully saturated rings. The Hall–Kier alpha value is -3.85. The second kappa shape index (κ2) is 5.08. The number of anilines is 1. The van der Waals surface area contributed by atoms with Crippen LogP contribution in [0.2, 0.25) is 0 Å². The number of hydrogen-bond donors (Lipinski definition) is 0. The zero-order valence-electron chi connectivity index (χ0n) is 14.7. The van der Waals surface area contributed by atoms with E-state index < -0.39 is 11.8 Å². The Kier molecular flexibility index (Phi) is 2.90. The molecule has 3 heterocycles. The van der Waals surface area contributed by atoms with E-state index in [1.807, 2.05) is 54.9 Å². The minimum atomic E-state index is -0.455. The van der Waals surface area contributed by atoms with Gasteiger partial charge in [0, 0.05) is 7.05 Å². The summed E-state index contributed by atoms with van der Waals surface area (Å²) in [4.78, 5) is 27.5. The normalized spacial score (nSPS) is 13.6. The third kappa shape index (κ3) is 1.78. The van der Waals surface area contributed by atoms with Crippen LogP contribution in [0, 0.1) is 18.3 Å². The van der Waals surface area contributed by atoms with Crippen molar-refractivity contribution < 1.29 is 9.59 Å². The molecule has 0 bridgehead atoms. The monoisotopic (exact) mass is 354 g/mol. The Bertz CT molecular complexity index is 1330. The largest absolute Gasteiger partial charge is 0.328 e. The van der Waals surface area contributed by atoms with Crippen LogP contribution in [0.5, 0.6) is 0 Å². The first-order valence-electron chi connectivity index (χ1n) is 8.52. The quantitative estimate of drug-likeness (QED) is 0.492. The molecule has 27 heavy (non-hydrogen) atoms. The number of nitriles is 1. The number of benzene rings is 2. The predicted octanol–water partition coefficient (Wildman–Crippen LogP) is 3.41. The molecule has 2 aromatic carbocycles. The van der Waals surface area contributed by atoms with Crippen LogP contribution in [-0.2, 0) is 7.05 Å². The van der Waals surface area contributed by atoms with E-state index in [1.54, 1.807) is 16.5 Å². The Morgan fingerprint density at radius 3 is 2.26 bits per heavy atom. The van der Waals surface area contributed by atoms with Gasteiger partial charge in [-0.05, 0) is 31.2 Å². The van der Waals surface area contributed by atoms with E-state index in [0.717, 1.165) is 21.5 Å². The van der Waals surface area contributed by atoms with Gasteiger partial charge >= 0.3 is 0 Å². The summed E-state index contributed by atoms with van der Waals surface area (Å²) in [5.41, 5.74) is 4.45. The number of fused-ring (bicyclic) bond motifs is 5. The van der Waals surface area contributed by atoms with Crippen LogP contribution in [0.3, 0.4) is 0 Å². The lowest BCUT2D eigenvalue weighted by atomic mass is 10.1. The Labute approximate surface area is 154 Å². The Balaban J connectivity index is 1.86. The number of carbonyl (C=O) groups excluding carboxylic acids is 2. The fraction of sp³-hybridized carbons (Fsp3) is 0.0952. The summed E-state index contributed by atoms with van der Waals surface area (Å²) < 4.78 is 3.58. The van der Waals surface area contributed by atoms with Gasteiger partial charge < -0.3 is 4.57 Å². The molecule has 0 spiro atoms. The summed E-state index contributed by atoms with van der Waals surface area (Å²) in [6.07, 6.45) is 0. The van der Waals surface area contributed by atoms with E-state index in [9.17, 15) is 14.9 Å². The molecular formula is C21H14N4O2. The van der Waals surface area contributed by atoms with Crippen LogP contribution in [0.4, 0.5) is 5.69 Å². The summed E-state index contributed by atoms with van der Waals surface area (Å²) in [5, 5.41) is 9.78. The fourth-order valence-corrected chi connectivity index (χ4v) is 3.92. The van der Waals surface area contributed by atoms with Gasteiger partial charge in [-0.3, -0.25) is 14.0 Å². The van der Waals surface area contributed by atoms with Crippen molar-refractivity contribution in [1.29, 1.82) is 5.26 Å². The van der Waals surface area contributed by atoms with E-state index in [-0.39, 0.29) is 16.8 Å². The minimum Gasteiger partial charge on any atom is -0.328 e. The lowest BCUT2D eigenvalue weighted by molar-refractivity contribution is 0.0924. The third-order valence-corrected chi connectivity index (χ3v) is 5.17. The molecule has 1 aliphatic heterocycles. The van der Waals surface area contributed by atoms with E-state index in [0.29, 0.717) is 11.3 Å². The maximum Gasteiger partial charge on any atom is 0.283 e. The Morgan fingerprint density at radius 2 is 1.59 bits per heavy atom. The third-order valence-electron chi connectivity index (χ3n) is 5.17. The number of aromatic nitrogens is 2. The Morgan fingerprint density at radius 1 is 0.926 bits per heavy atom. The van der Waals surface area contributed by atoms with Crippen molar-refractivity contribution in [2.45, 2.75) is 6.92 Å². The van der Waals surface area contributed by atoms with Gasteiger partial charge in [-0.2, -0.15) is 5.26 Å². The molecule has 2 amide bonds. The maximum absolute atomic E-state index is 13.3. The van der Waals surface area contributed by atoms with Gasteiger partial charge in [-0.15, -0.1) is 0 Å². The van der Waals surface area contributed by atoms with E-state index in [4.69, 9.17) is 0 Å². The number of imide groups is 1. The van der Waals surface area contributed by atoms with Crippen molar-refractivity contribution in [2.24, 2.45) is 7.05 Å². The number of aryl methyl sites for hydroxylation is 2. The lowest BCUT2D eigenvalue weighted by Gasteiger charge is -2.14. The summed E-state index contributed by atoms with van der Waals surface area (Å²) in [7, 11) is 1.83. The van der Waals surface area contributed by atoms with Gasteiger partial charge in [0.25, 0.3) is 11.8 Å². The minimum absolute atomic E-state index is 0.180. The van der Waals surface area contributed by atoms with Crippen LogP contribution in [-0.4, -0.2) is 20.8 Å². The van der Waals surface area contributed by atoms with Crippen LogP contribution in [0.15, 0.2) is 48.5 Å². The number of rotatable bonds is 1. The first-order chi connectivity index (χ1) is 13.0. The van der Waals surface area contributed by atoms with E-state index in [2.05, 4.69) is 6.07 Å². The van der Waals surface area contributed by atoms with Crippen LogP contribution >= 0.6 is 0 Å². The highest BCUT2D eigenvalue weighted by Crippen LogP contribution is 2.37. The molecular weight excluding hydrogens is 340 g/mol. The molecule has 0 N–H and O–H groups in total. The molecule has 5 rings (SSSR count). The van der Waals surface area contributed by atoms with Crippen LogP contribution < -0.4 is 4.90 Å². The molecule has 2 aromatic heterocycles. The molecule has 0 atom stereocenters. The molecule has 0 saturated heterocycles. The van der Waals surface area contributed by atoms with Crippen molar-refractivity contribution in [3.8, 4) is 6.07 Å². The topological polar surface area (TPSA) is 70.5 Å². The molecule has 0 unspecified atom stereocenters. The SMILES string of the molecule is Cc1ccc(N2C(=O)c3c(C#N)c4n(C)c5ccccc5n4c3C2=O)cc1. The van der Waals surface area contributed by atoms with Gasteiger partial charge in [0.05, 0.1) is 22.3 Å². The molecule has 0 radical (unpaired) electrons. The van der Waals surface area contributed by atoms with Gasteiger partial charge in [0.15, 0.2) is 0 Å². The first-order valence-corrected chi connectivity index (χ1v) is 8.52. The second-order valence-electron chi connectivity index (χ2n) is 6.70. The van der Waals surface area contributed by atoms with Gasteiger partial charge in [0.1, 0.15) is 23.0 Å². The smallest absolute Gasteiger partial charge is 0.283 e. The summed E-state index contributed by atoms with van der Waals surface area (Å²) in [5.74, 6) is -0.866. The van der Waals surface area contributed by atoms with Crippen LogP contribution in [0.25, 0.3) is 16.7 Å². The maximum atomic E-state index is 13.3. The zero-order valence-corrected chi connectivity index (χ0v) is 14.7. The second-order valence-corrected chi connectivity index (χ2v) is 6.70. The predicted molar refractivity (Wildman–Crippen MR) is 101 cm³/mol. The average molecular weight is 354 g/mol. The standard InChI is InChI=1S/C21H14N4O2/c1-12-7-9-13(10-8-12)24-20(26)17-14(11-22)19-23(2)15-5-3-4-6-16(15)25(19)18(17)21(24)27/h3-10H,1-2H3. The highest BCUT2D eigenvalue weighted by molar-refractivity contribution is 6.35. The van der Waals surface area contributed by atoms with Crippen molar-refractivity contribution in [3.05, 3.63) is 70.9 Å². The van der Waals surface area contributed by atoms with Crippen molar-refractivity contribution in [3.63, 3.8) is 0 Å². The molecule has 130 valence electrons.